The lowest BCUT2D eigenvalue weighted by atomic mass is 10.3. The Hall–Kier alpha value is -0.960. The molecule has 0 aromatic carbocycles. The monoisotopic (exact) mass is 199 g/mol. The van der Waals surface area contributed by atoms with Crippen molar-refractivity contribution in [3.63, 3.8) is 0 Å². The lowest BCUT2D eigenvalue weighted by Crippen LogP contribution is -2.38. The molecule has 5 nitrogen and oxygen atoms in total. The highest BCUT2D eigenvalue weighted by Gasteiger charge is 2.45. The summed E-state index contributed by atoms with van der Waals surface area (Å²) in [6.07, 6.45) is 0.998. The highest BCUT2D eigenvalue weighted by molar-refractivity contribution is 4.83. The zero-order valence-corrected chi connectivity index (χ0v) is 8.53. The average Bonchev–Trinajstić information content (AvgIpc) is 2.50. The third kappa shape index (κ3) is 2.51. The van der Waals surface area contributed by atoms with Gasteiger partial charge in [0.25, 0.3) is 0 Å². The zero-order chi connectivity index (χ0) is 11.4. The molecule has 0 aliphatic carbocycles. The van der Waals surface area contributed by atoms with Crippen LogP contribution in [0.25, 0.3) is 0 Å². The van der Waals surface area contributed by atoms with Gasteiger partial charge in [-0.25, -0.2) is 0 Å². The van der Waals surface area contributed by atoms with Crippen LogP contribution >= 0.6 is 0 Å². The van der Waals surface area contributed by atoms with E-state index in [0.29, 0.717) is 6.42 Å². The molecule has 0 amide bonds. The van der Waals surface area contributed by atoms with Crippen molar-refractivity contribution >= 4 is 0 Å². The Morgan fingerprint density at radius 1 is 1.57 bits per heavy atom. The van der Waals surface area contributed by atoms with Gasteiger partial charge < -0.3 is 9.47 Å². The van der Waals surface area contributed by atoms with Crippen molar-refractivity contribution in [1.29, 1.82) is 0 Å². The molecule has 1 aliphatic rings. The molecule has 78 valence electrons. The number of hydrogen-bond donors (Lipinski definition) is 0. The van der Waals surface area contributed by atoms with Crippen LogP contribution in [0.15, 0.2) is 10.2 Å². The van der Waals surface area contributed by atoms with Crippen molar-refractivity contribution in [2.75, 3.05) is 13.7 Å². The summed E-state index contributed by atoms with van der Waals surface area (Å²) in [7, 11) is 1.43. The van der Waals surface area contributed by atoms with E-state index in [-0.39, 0.29) is 6.61 Å². The Morgan fingerprint density at radius 2 is 2.36 bits per heavy atom. The lowest BCUT2D eigenvalue weighted by molar-refractivity contribution is -0.375. The van der Waals surface area contributed by atoms with Crippen LogP contribution in [-0.2, 0) is 14.2 Å². The molecule has 1 unspecified atom stereocenters. The lowest BCUT2D eigenvalue weighted by Gasteiger charge is -2.24. The molecule has 1 atom stereocenters. The summed E-state index contributed by atoms with van der Waals surface area (Å²) in [6, 6.07) is 0. The first kappa shape index (κ1) is 9.59. The first-order chi connectivity index (χ1) is 7.04. The second-order valence-electron chi connectivity index (χ2n) is 3.25. The fraction of sp³-hybridized carbons (Fsp3) is 0.778. The van der Waals surface area contributed by atoms with Crippen molar-refractivity contribution in [3.05, 3.63) is 0 Å². The van der Waals surface area contributed by atoms with Gasteiger partial charge in [0, 0.05) is 13.5 Å². The highest BCUT2D eigenvalue weighted by Crippen LogP contribution is 2.32. The number of methoxy groups -OCH3 is 1. The van der Waals surface area contributed by atoms with E-state index in [2.05, 4.69) is 16.1 Å². The second kappa shape index (κ2) is 4.05. The first-order valence-electron chi connectivity index (χ1n) is 4.76. The van der Waals surface area contributed by atoms with E-state index in [1.165, 1.54) is 7.11 Å². The summed E-state index contributed by atoms with van der Waals surface area (Å²) in [6.45, 7) is 3.78. The fourth-order valence-corrected chi connectivity index (χ4v) is 0.969. The van der Waals surface area contributed by atoms with Crippen molar-refractivity contribution in [1.82, 2.24) is 0 Å². The molecule has 1 aliphatic heterocycles. The quantitative estimate of drug-likeness (QED) is 0.391. The SMILES string of the molecule is [2H]C#CCCOC1(OC)N=NC(C)(C)O1. The van der Waals surface area contributed by atoms with Crippen molar-refractivity contribution in [2.24, 2.45) is 10.2 Å². The molecule has 14 heavy (non-hydrogen) atoms. The Bertz CT molecular complexity index is 308. The van der Waals surface area contributed by atoms with Crippen LogP contribution in [0.4, 0.5) is 0 Å². The van der Waals surface area contributed by atoms with Gasteiger partial charge in [-0.2, -0.15) is 5.11 Å². The van der Waals surface area contributed by atoms with E-state index in [1.807, 2.05) is 6.40 Å². The van der Waals surface area contributed by atoms with Gasteiger partial charge in [0.15, 0.2) is 5.72 Å². The molecular weight excluding hydrogens is 184 g/mol. The van der Waals surface area contributed by atoms with E-state index in [0.717, 1.165) is 0 Å². The fourth-order valence-electron chi connectivity index (χ4n) is 0.969. The molecule has 0 bridgehead atoms. The molecule has 0 saturated heterocycles. The number of azo groups is 1. The van der Waals surface area contributed by atoms with E-state index in [9.17, 15) is 0 Å². The number of hydrogen-bond acceptors (Lipinski definition) is 5. The molecule has 0 fully saturated rings. The van der Waals surface area contributed by atoms with Crippen molar-refractivity contribution in [2.45, 2.75) is 32.1 Å². The van der Waals surface area contributed by atoms with Gasteiger partial charge in [0.05, 0.1) is 6.61 Å². The Kier molecular flexibility index (Phi) is 2.77. The number of ether oxygens (including phenoxy) is 3. The Balaban J connectivity index is 2.48. The van der Waals surface area contributed by atoms with Crippen LogP contribution in [0.1, 0.15) is 21.6 Å². The predicted octanol–water partition coefficient (Wildman–Crippen LogP) is 1.50. The second-order valence-corrected chi connectivity index (χ2v) is 3.25. The van der Waals surface area contributed by atoms with E-state index in [4.69, 9.17) is 15.6 Å². The van der Waals surface area contributed by atoms with Gasteiger partial charge in [-0.3, -0.25) is 4.74 Å². The van der Waals surface area contributed by atoms with E-state index >= 15 is 0 Å². The molecule has 1 rings (SSSR count). The van der Waals surface area contributed by atoms with Gasteiger partial charge in [0.2, 0.25) is 0 Å². The molecule has 0 N–H and O–H groups in total. The van der Waals surface area contributed by atoms with Gasteiger partial charge >= 0.3 is 6.10 Å². The number of terminal acetylenes is 1. The molecule has 0 aromatic heterocycles. The van der Waals surface area contributed by atoms with Gasteiger partial charge in [-0.05, 0) is 13.8 Å². The Labute approximate surface area is 84.8 Å². The zero-order valence-electron chi connectivity index (χ0n) is 9.53. The van der Waals surface area contributed by atoms with Crippen LogP contribution in [0.3, 0.4) is 0 Å². The minimum absolute atomic E-state index is 0.273. The van der Waals surface area contributed by atoms with Crippen LogP contribution < -0.4 is 0 Å². The summed E-state index contributed by atoms with van der Waals surface area (Å²) in [5, 5.41) is 7.67. The van der Waals surface area contributed by atoms with Crippen LogP contribution in [-0.4, -0.2) is 25.5 Å². The molecule has 0 spiro atoms. The van der Waals surface area contributed by atoms with Crippen molar-refractivity contribution < 1.29 is 15.6 Å². The van der Waals surface area contributed by atoms with E-state index in [1.54, 1.807) is 13.8 Å². The highest BCUT2D eigenvalue weighted by atomic mass is 16.9. The number of nitrogens with zero attached hydrogens (tertiary/aromatic N) is 2. The Morgan fingerprint density at radius 3 is 2.86 bits per heavy atom. The normalized spacial score (nSPS) is 29.5. The molecule has 0 radical (unpaired) electrons. The van der Waals surface area contributed by atoms with Gasteiger partial charge in [-0.1, -0.05) is 5.11 Å². The molecular formula is C9H14N2O3. The summed E-state index contributed by atoms with van der Waals surface area (Å²) < 4.78 is 22.3. The standard InChI is InChI=1S/C9H14N2O3/c1-5-6-7-13-9(12-4)11-10-8(2,3)14-9/h1H,6-7H2,2-4H3/i1D. The molecule has 5 heteroatoms. The summed E-state index contributed by atoms with van der Waals surface area (Å²) in [5.74, 6) is 2.54. The third-order valence-corrected chi connectivity index (χ3v) is 1.56. The molecule has 0 saturated carbocycles. The van der Waals surface area contributed by atoms with Crippen molar-refractivity contribution in [3.8, 4) is 12.3 Å². The minimum Gasteiger partial charge on any atom is -0.310 e. The summed E-state index contributed by atoms with van der Waals surface area (Å²) >= 11 is 0. The topological polar surface area (TPSA) is 52.4 Å². The van der Waals surface area contributed by atoms with Crippen LogP contribution in [0, 0.1) is 12.3 Å². The van der Waals surface area contributed by atoms with Gasteiger partial charge in [0.1, 0.15) is 1.37 Å². The molecule has 0 aromatic rings. The maximum absolute atomic E-state index is 6.63. The maximum Gasteiger partial charge on any atom is 0.414 e. The largest absolute Gasteiger partial charge is 0.414 e. The van der Waals surface area contributed by atoms with Gasteiger partial charge in [-0.15, -0.1) is 12.3 Å². The molecule has 1 heterocycles. The van der Waals surface area contributed by atoms with Crippen LogP contribution in [0.5, 0.6) is 0 Å². The first-order valence-corrected chi connectivity index (χ1v) is 4.26. The maximum atomic E-state index is 6.63. The number of rotatable bonds is 4. The summed E-state index contributed by atoms with van der Waals surface area (Å²) in [4.78, 5) is 0. The average molecular weight is 199 g/mol. The smallest absolute Gasteiger partial charge is 0.310 e. The summed E-state index contributed by atoms with van der Waals surface area (Å²) in [5.41, 5.74) is -0.739. The predicted molar refractivity (Wildman–Crippen MR) is 49.2 cm³/mol. The van der Waals surface area contributed by atoms with E-state index < -0.39 is 11.8 Å². The van der Waals surface area contributed by atoms with Crippen LogP contribution in [0.2, 0.25) is 0 Å². The third-order valence-electron chi connectivity index (χ3n) is 1.56. The minimum atomic E-state index is -1.45.